The number of halogens is 1. The van der Waals surface area contributed by atoms with Crippen LogP contribution in [0.15, 0.2) is 27.6 Å². The average Bonchev–Trinajstić information content (AvgIpc) is 2.59. The predicted molar refractivity (Wildman–Crippen MR) is 81.7 cm³/mol. The molecule has 0 radical (unpaired) electrons. The van der Waals surface area contributed by atoms with Crippen molar-refractivity contribution in [3.05, 3.63) is 43.3 Å². The molecule has 1 aliphatic heterocycles. The zero-order valence-electron chi connectivity index (χ0n) is 9.62. The maximum absolute atomic E-state index is 11.8. The minimum Gasteiger partial charge on any atom is -0.296 e. The van der Waals surface area contributed by atoms with Crippen LogP contribution in [0.1, 0.15) is 5.56 Å². The van der Waals surface area contributed by atoms with Gasteiger partial charge in [0.25, 0.3) is 11.6 Å². The van der Waals surface area contributed by atoms with E-state index in [0.717, 1.165) is 0 Å². The largest absolute Gasteiger partial charge is 0.296 e. The number of nitro groups is 1. The molecule has 1 fully saturated rings. The summed E-state index contributed by atoms with van der Waals surface area (Å²) in [6, 6.07) is 4.68. The van der Waals surface area contributed by atoms with Crippen LogP contribution in [0, 0.1) is 10.1 Å². The number of benzene rings is 1. The maximum Gasteiger partial charge on any atom is 0.284 e. The second-order valence-electron chi connectivity index (χ2n) is 3.71. The monoisotopic (exact) mass is 358 g/mol. The zero-order valence-corrected chi connectivity index (χ0v) is 12.8. The van der Waals surface area contributed by atoms with E-state index in [1.54, 1.807) is 25.3 Å². The highest BCUT2D eigenvalue weighted by atomic mass is 79.9. The van der Waals surface area contributed by atoms with Crippen LogP contribution in [0.2, 0.25) is 0 Å². The maximum atomic E-state index is 11.8. The van der Waals surface area contributed by atoms with Crippen LogP contribution < -0.4 is 0 Å². The molecule has 0 atom stereocenters. The lowest BCUT2D eigenvalue weighted by Crippen LogP contribution is -2.22. The molecule has 1 aliphatic rings. The fourth-order valence-corrected chi connectivity index (χ4v) is 3.03. The molecule has 8 heteroatoms. The smallest absolute Gasteiger partial charge is 0.284 e. The van der Waals surface area contributed by atoms with Crippen LogP contribution in [0.4, 0.5) is 5.69 Å². The summed E-state index contributed by atoms with van der Waals surface area (Å²) >= 11 is 9.31. The molecule has 1 aromatic carbocycles. The molecule has 0 saturated carbocycles. The number of rotatable bonds is 2. The fourth-order valence-electron chi connectivity index (χ4n) is 1.46. The third-order valence-corrected chi connectivity index (χ3v) is 4.61. The van der Waals surface area contributed by atoms with Crippen molar-refractivity contribution >= 4 is 61.9 Å². The highest BCUT2D eigenvalue weighted by Crippen LogP contribution is 2.33. The standard InChI is InChI=1S/C11H7BrN2O3S2/c1-13-10(15)9(19-11(13)18)5-6-2-3-7(12)8(4-6)14(16)17/h2-5H,1H3/b9-5-. The summed E-state index contributed by atoms with van der Waals surface area (Å²) in [5.74, 6) is -0.194. The third kappa shape index (κ3) is 2.85. The number of carbonyl (C=O) groups excluding carboxylic acids is 1. The zero-order chi connectivity index (χ0) is 14.2. The van der Waals surface area contributed by atoms with Gasteiger partial charge in [0.05, 0.1) is 14.3 Å². The number of thioether (sulfide) groups is 1. The minimum atomic E-state index is -0.480. The van der Waals surface area contributed by atoms with Gasteiger partial charge in [0, 0.05) is 13.1 Å². The van der Waals surface area contributed by atoms with Crippen molar-refractivity contribution in [3.8, 4) is 0 Å². The Hall–Kier alpha value is -1.25. The first-order valence-corrected chi connectivity index (χ1v) is 7.07. The summed E-state index contributed by atoms with van der Waals surface area (Å²) in [7, 11) is 1.60. The summed E-state index contributed by atoms with van der Waals surface area (Å²) in [6.07, 6.45) is 1.60. The third-order valence-electron chi connectivity index (χ3n) is 2.45. The Morgan fingerprint density at radius 1 is 1.53 bits per heavy atom. The van der Waals surface area contributed by atoms with E-state index in [0.29, 0.717) is 19.3 Å². The van der Waals surface area contributed by atoms with Crippen molar-refractivity contribution in [1.82, 2.24) is 4.90 Å². The molecule has 0 aliphatic carbocycles. The molecule has 5 nitrogen and oxygen atoms in total. The van der Waals surface area contributed by atoms with Crippen LogP contribution in [-0.2, 0) is 4.79 Å². The topological polar surface area (TPSA) is 63.5 Å². The molecule has 1 aromatic rings. The van der Waals surface area contributed by atoms with Crippen molar-refractivity contribution in [1.29, 1.82) is 0 Å². The van der Waals surface area contributed by atoms with Crippen LogP contribution in [0.3, 0.4) is 0 Å². The van der Waals surface area contributed by atoms with Crippen LogP contribution in [0.25, 0.3) is 6.08 Å². The number of hydrogen-bond acceptors (Lipinski definition) is 5. The van der Waals surface area contributed by atoms with Crippen LogP contribution in [0.5, 0.6) is 0 Å². The second kappa shape index (κ2) is 5.40. The van der Waals surface area contributed by atoms with Gasteiger partial charge in [-0.3, -0.25) is 19.8 Å². The Morgan fingerprint density at radius 3 is 2.74 bits per heavy atom. The molecule has 0 N–H and O–H groups in total. The van der Waals surface area contributed by atoms with E-state index < -0.39 is 4.92 Å². The van der Waals surface area contributed by atoms with Crippen molar-refractivity contribution in [2.75, 3.05) is 7.05 Å². The van der Waals surface area contributed by atoms with Gasteiger partial charge in [-0.15, -0.1) is 0 Å². The van der Waals surface area contributed by atoms with Gasteiger partial charge in [0.2, 0.25) is 0 Å². The van der Waals surface area contributed by atoms with Gasteiger partial charge in [-0.25, -0.2) is 0 Å². The van der Waals surface area contributed by atoms with E-state index in [-0.39, 0.29) is 11.6 Å². The van der Waals surface area contributed by atoms with Gasteiger partial charge in [0.15, 0.2) is 0 Å². The highest BCUT2D eigenvalue weighted by Gasteiger charge is 2.28. The first-order valence-electron chi connectivity index (χ1n) is 5.05. The molecule has 1 amide bonds. The van der Waals surface area contributed by atoms with E-state index in [4.69, 9.17) is 12.2 Å². The van der Waals surface area contributed by atoms with Gasteiger partial charge in [0.1, 0.15) is 4.32 Å². The first kappa shape index (κ1) is 14.2. The lowest BCUT2D eigenvalue weighted by Gasteiger charge is -2.03. The Labute approximate surface area is 126 Å². The summed E-state index contributed by atoms with van der Waals surface area (Å²) in [5.41, 5.74) is 0.546. The molecule has 0 unspecified atom stereocenters. The van der Waals surface area contributed by atoms with Crippen molar-refractivity contribution in [2.45, 2.75) is 0 Å². The van der Waals surface area contributed by atoms with E-state index in [2.05, 4.69) is 15.9 Å². The molecule has 0 bridgehead atoms. The summed E-state index contributed by atoms with van der Waals surface area (Å²) in [4.78, 5) is 24.0. The van der Waals surface area contributed by atoms with Gasteiger partial charge in [-0.1, -0.05) is 30.0 Å². The number of amides is 1. The number of nitrogens with zero attached hydrogens (tertiary/aromatic N) is 2. The van der Waals surface area contributed by atoms with E-state index in [1.807, 2.05) is 0 Å². The molecule has 0 spiro atoms. The number of thiocarbonyl (C=S) groups is 1. The highest BCUT2D eigenvalue weighted by molar-refractivity contribution is 9.10. The molecule has 98 valence electrons. The van der Waals surface area contributed by atoms with Crippen molar-refractivity contribution in [3.63, 3.8) is 0 Å². The first-order chi connectivity index (χ1) is 8.90. The molecular formula is C11H7BrN2O3S2. The fraction of sp³-hybridized carbons (Fsp3) is 0.0909. The normalized spacial score (nSPS) is 17.4. The Kier molecular flexibility index (Phi) is 4.02. The van der Waals surface area contributed by atoms with Crippen LogP contribution in [-0.4, -0.2) is 27.1 Å². The molecule has 2 rings (SSSR count). The number of nitro benzene ring substituents is 1. The van der Waals surface area contributed by atoms with E-state index in [9.17, 15) is 14.9 Å². The number of likely N-dealkylation sites (N-methyl/N-ethyl adjacent to an activating group) is 1. The lowest BCUT2D eigenvalue weighted by molar-refractivity contribution is -0.385. The lowest BCUT2D eigenvalue weighted by atomic mass is 10.2. The molecule has 1 heterocycles. The molecular weight excluding hydrogens is 352 g/mol. The Balaban J connectivity index is 2.39. The van der Waals surface area contributed by atoms with E-state index >= 15 is 0 Å². The SMILES string of the molecule is CN1C(=O)/C(=C/c2ccc(Br)c([N+](=O)[O-])c2)SC1=S. The van der Waals surface area contributed by atoms with Gasteiger partial charge < -0.3 is 0 Å². The van der Waals surface area contributed by atoms with Gasteiger partial charge in [-0.2, -0.15) is 0 Å². The Bertz CT molecular complexity index is 630. The van der Waals surface area contributed by atoms with Crippen LogP contribution >= 0.6 is 39.9 Å². The molecule has 0 aromatic heterocycles. The predicted octanol–water partition coefficient (Wildman–Crippen LogP) is 3.19. The average molecular weight is 359 g/mol. The van der Waals surface area contributed by atoms with Crippen molar-refractivity contribution < 1.29 is 9.72 Å². The quantitative estimate of drug-likeness (QED) is 0.351. The summed E-state index contributed by atoms with van der Waals surface area (Å²) < 4.78 is 0.876. The van der Waals surface area contributed by atoms with E-state index in [1.165, 1.54) is 22.7 Å². The number of hydrogen-bond donors (Lipinski definition) is 0. The second-order valence-corrected chi connectivity index (χ2v) is 6.24. The Morgan fingerprint density at radius 2 is 2.21 bits per heavy atom. The van der Waals surface area contributed by atoms with Crippen molar-refractivity contribution in [2.24, 2.45) is 0 Å². The number of carbonyl (C=O) groups is 1. The van der Waals surface area contributed by atoms with Gasteiger partial charge >= 0.3 is 0 Å². The molecule has 19 heavy (non-hydrogen) atoms. The minimum absolute atomic E-state index is 0.0410. The van der Waals surface area contributed by atoms with Gasteiger partial charge in [-0.05, 0) is 33.6 Å². The molecule has 1 saturated heterocycles. The summed E-state index contributed by atoms with van der Waals surface area (Å²) in [5, 5.41) is 10.8. The summed E-state index contributed by atoms with van der Waals surface area (Å²) in [6.45, 7) is 0.